The molecule has 0 unspecified atom stereocenters. The number of methoxy groups -OCH3 is 2. The largest absolute Gasteiger partial charge is 0.496 e. The number of rotatable bonds is 7. The van der Waals surface area contributed by atoms with E-state index in [1.807, 2.05) is 12.1 Å². The summed E-state index contributed by atoms with van der Waals surface area (Å²) in [5.74, 6) is 1.01. The maximum Gasteiger partial charge on any atom is 0.122 e. The van der Waals surface area contributed by atoms with E-state index in [9.17, 15) is 0 Å². The molecule has 1 N–H and O–H groups in total. The quantitative estimate of drug-likeness (QED) is 0.733. The Labute approximate surface area is 103 Å². The van der Waals surface area contributed by atoms with E-state index >= 15 is 0 Å². The van der Waals surface area contributed by atoms with Gasteiger partial charge in [-0.15, -0.1) is 0 Å². The molecule has 1 aromatic carbocycles. The number of nitrogens with one attached hydrogen (secondary N) is 1. The first-order valence-electron chi connectivity index (χ1n) is 6.15. The molecule has 0 bridgehead atoms. The van der Waals surface area contributed by atoms with Crippen molar-refractivity contribution in [1.29, 1.82) is 0 Å². The van der Waals surface area contributed by atoms with Gasteiger partial charge < -0.3 is 14.8 Å². The summed E-state index contributed by atoms with van der Waals surface area (Å²) in [4.78, 5) is 0. The van der Waals surface area contributed by atoms with Crippen LogP contribution in [-0.2, 0) is 10.2 Å². The molecule has 3 heteroatoms. The summed E-state index contributed by atoms with van der Waals surface area (Å²) in [6, 6.07) is 8.35. The fourth-order valence-corrected chi connectivity index (χ4v) is 2.28. The lowest BCUT2D eigenvalue weighted by molar-refractivity contribution is 0.198. The fourth-order valence-electron chi connectivity index (χ4n) is 2.28. The van der Waals surface area contributed by atoms with Crippen LogP contribution in [0.3, 0.4) is 0 Å². The Morgan fingerprint density at radius 2 is 2.00 bits per heavy atom. The molecule has 1 saturated carbocycles. The lowest BCUT2D eigenvalue weighted by Crippen LogP contribution is -2.29. The molecular formula is C14H21NO2. The highest BCUT2D eigenvalue weighted by atomic mass is 16.5. The third-order valence-electron chi connectivity index (χ3n) is 3.48. The van der Waals surface area contributed by atoms with E-state index < -0.39 is 0 Å². The van der Waals surface area contributed by atoms with E-state index in [1.165, 1.54) is 18.4 Å². The van der Waals surface area contributed by atoms with Crippen molar-refractivity contribution in [2.24, 2.45) is 0 Å². The summed E-state index contributed by atoms with van der Waals surface area (Å²) >= 11 is 0. The fraction of sp³-hybridized carbons (Fsp3) is 0.571. The molecule has 0 saturated heterocycles. The van der Waals surface area contributed by atoms with Crippen LogP contribution in [0.1, 0.15) is 18.4 Å². The van der Waals surface area contributed by atoms with Crippen LogP contribution in [-0.4, -0.2) is 33.9 Å². The summed E-state index contributed by atoms with van der Waals surface area (Å²) in [6.07, 6.45) is 2.49. The van der Waals surface area contributed by atoms with Crippen molar-refractivity contribution in [2.45, 2.75) is 18.3 Å². The van der Waals surface area contributed by atoms with Gasteiger partial charge >= 0.3 is 0 Å². The number of benzene rings is 1. The van der Waals surface area contributed by atoms with Crippen molar-refractivity contribution in [1.82, 2.24) is 5.32 Å². The van der Waals surface area contributed by atoms with Crippen molar-refractivity contribution >= 4 is 0 Å². The summed E-state index contributed by atoms with van der Waals surface area (Å²) in [5, 5.41) is 3.46. The molecule has 0 aliphatic heterocycles. The first-order chi connectivity index (χ1) is 8.32. The summed E-state index contributed by atoms with van der Waals surface area (Å²) in [6.45, 7) is 2.69. The molecule has 0 atom stereocenters. The average Bonchev–Trinajstić information content (AvgIpc) is 3.16. The van der Waals surface area contributed by atoms with Gasteiger partial charge in [0.15, 0.2) is 0 Å². The first-order valence-corrected chi connectivity index (χ1v) is 6.15. The zero-order valence-corrected chi connectivity index (χ0v) is 10.7. The van der Waals surface area contributed by atoms with Gasteiger partial charge in [-0.3, -0.25) is 0 Å². The van der Waals surface area contributed by atoms with Crippen LogP contribution in [0.2, 0.25) is 0 Å². The molecule has 0 heterocycles. The van der Waals surface area contributed by atoms with E-state index in [2.05, 4.69) is 17.4 Å². The summed E-state index contributed by atoms with van der Waals surface area (Å²) in [5.41, 5.74) is 1.63. The molecule has 1 aliphatic rings. The van der Waals surface area contributed by atoms with Gasteiger partial charge in [-0.2, -0.15) is 0 Å². The van der Waals surface area contributed by atoms with Crippen molar-refractivity contribution < 1.29 is 9.47 Å². The van der Waals surface area contributed by atoms with Crippen molar-refractivity contribution in [2.75, 3.05) is 33.9 Å². The predicted octanol–water partition coefficient (Wildman–Crippen LogP) is 1.96. The van der Waals surface area contributed by atoms with Gasteiger partial charge in [0.1, 0.15) is 5.75 Å². The molecular weight excluding hydrogens is 214 g/mol. The Balaban J connectivity index is 2.00. The zero-order chi connectivity index (χ0) is 12.1. The third kappa shape index (κ3) is 2.79. The van der Waals surface area contributed by atoms with Crippen LogP contribution < -0.4 is 10.1 Å². The van der Waals surface area contributed by atoms with Gasteiger partial charge in [0.25, 0.3) is 0 Å². The van der Waals surface area contributed by atoms with Gasteiger partial charge in [-0.1, -0.05) is 18.2 Å². The second-order valence-corrected chi connectivity index (χ2v) is 4.65. The second kappa shape index (κ2) is 5.52. The van der Waals surface area contributed by atoms with Crippen LogP contribution in [0.15, 0.2) is 24.3 Å². The Hall–Kier alpha value is -1.06. The molecule has 0 aromatic heterocycles. The standard InChI is InChI=1S/C14H21NO2/c1-16-10-9-15-11-14(7-8-14)12-5-3-4-6-13(12)17-2/h3-6,15H,7-11H2,1-2H3. The van der Waals surface area contributed by atoms with Crippen LogP contribution in [0.5, 0.6) is 5.75 Å². The van der Waals surface area contributed by atoms with Crippen molar-refractivity contribution in [3.63, 3.8) is 0 Å². The molecule has 17 heavy (non-hydrogen) atoms. The van der Waals surface area contributed by atoms with E-state index in [0.29, 0.717) is 5.41 Å². The van der Waals surface area contributed by atoms with Gasteiger partial charge in [0, 0.05) is 31.2 Å². The monoisotopic (exact) mass is 235 g/mol. The number of hydrogen-bond donors (Lipinski definition) is 1. The van der Waals surface area contributed by atoms with Crippen LogP contribution >= 0.6 is 0 Å². The molecule has 94 valence electrons. The first kappa shape index (κ1) is 12.4. The van der Waals surface area contributed by atoms with Gasteiger partial charge in [0.2, 0.25) is 0 Å². The minimum absolute atomic E-state index is 0.292. The van der Waals surface area contributed by atoms with Crippen molar-refractivity contribution in [3.05, 3.63) is 29.8 Å². The Bertz CT molecular complexity index is 361. The Kier molecular flexibility index (Phi) is 4.02. The number of ether oxygens (including phenoxy) is 2. The van der Waals surface area contributed by atoms with E-state index in [1.54, 1.807) is 14.2 Å². The van der Waals surface area contributed by atoms with E-state index in [-0.39, 0.29) is 0 Å². The molecule has 1 fully saturated rings. The number of hydrogen-bond acceptors (Lipinski definition) is 3. The van der Waals surface area contributed by atoms with Crippen LogP contribution in [0.4, 0.5) is 0 Å². The van der Waals surface area contributed by atoms with Gasteiger partial charge in [-0.25, -0.2) is 0 Å². The third-order valence-corrected chi connectivity index (χ3v) is 3.48. The molecule has 0 amide bonds. The smallest absolute Gasteiger partial charge is 0.122 e. The van der Waals surface area contributed by atoms with Crippen molar-refractivity contribution in [3.8, 4) is 5.75 Å². The van der Waals surface area contributed by atoms with E-state index in [4.69, 9.17) is 9.47 Å². The molecule has 0 spiro atoms. The highest BCUT2D eigenvalue weighted by molar-refractivity contribution is 5.43. The maximum absolute atomic E-state index is 5.45. The van der Waals surface area contributed by atoms with Crippen LogP contribution in [0.25, 0.3) is 0 Å². The predicted molar refractivity (Wildman–Crippen MR) is 68.7 cm³/mol. The second-order valence-electron chi connectivity index (χ2n) is 4.65. The molecule has 0 radical (unpaired) electrons. The molecule has 3 nitrogen and oxygen atoms in total. The highest BCUT2D eigenvalue weighted by Crippen LogP contribution is 2.50. The lowest BCUT2D eigenvalue weighted by atomic mass is 9.95. The molecule has 2 rings (SSSR count). The normalized spacial score (nSPS) is 16.8. The number of para-hydroxylation sites is 1. The average molecular weight is 235 g/mol. The minimum Gasteiger partial charge on any atom is -0.496 e. The van der Waals surface area contributed by atoms with Crippen LogP contribution in [0, 0.1) is 0 Å². The lowest BCUT2D eigenvalue weighted by Gasteiger charge is -2.19. The summed E-state index contributed by atoms with van der Waals surface area (Å²) < 4.78 is 10.5. The Morgan fingerprint density at radius 1 is 1.24 bits per heavy atom. The Morgan fingerprint density at radius 3 is 2.65 bits per heavy atom. The van der Waals surface area contributed by atoms with Gasteiger partial charge in [0.05, 0.1) is 13.7 Å². The molecule has 1 aromatic rings. The SMILES string of the molecule is COCCNCC1(c2ccccc2OC)CC1. The topological polar surface area (TPSA) is 30.5 Å². The highest BCUT2D eigenvalue weighted by Gasteiger charge is 2.45. The summed E-state index contributed by atoms with van der Waals surface area (Å²) in [7, 11) is 3.47. The minimum atomic E-state index is 0.292. The van der Waals surface area contributed by atoms with E-state index in [0.717, 1.165) is 25.4 Å². The molecule has 1 aliphatic carbocycles. The zero-order valence-electron chi connectivity index (χ0n) is 10.7. The maximum atomic E-state index is 5.45. The van der Waals surface area contributed by atoms with Gasteiger partial charge in [-0.05, 0) is 18.9 Å².